The van der Waals surface area contributed by atoms with Gasteiger partial charge in [0.2, 0.25) is 0 Å². The molecule has 0 saturated carbocycles. The highest BCUT2D eigenvalue weighted by Gasteiger charge is 2.07. The lowest BCUT2D eigenvalue weighted by atomic mass is 10.3. The van der Waals surface area contributed by atoms with Crippen molar-refractivity contribution in [3.05, 3.63) is 52.5 Å². The summed E-state index contributed by atoms with van der Waals surface area (Å²) in [5.74, 6) is 1.35. The molecule has 0 heterocycles. The minimum atomic E-state index is -0.283. The molecule has 5 nitrogen and oxygen atoms in total. The second kappa shape index (κ2) is 9.25. The Bertz CT molecular complexity index is 694. The Hall–Kier alpha value is -2.11. The van der Waals surface area contributed by atoms with E-state index in [1.54, 1.807) is 37.4 Å². The molecule has 0 spiro atoms. The molecule has 0 aromatic heterocycles. The first-order chi connectivity index (χ1) is 11.6. The molecule has 2 rings (SSSR count). The highest BCUT2D eigenvalue weighted by Crippen LogP contribution is 2.27. The molecule has 0 fully saturated rings. The summed E-state index contributed by atoms with van der Waals surface area (Å²) in [6, 6.07) is 12.1. The fraction of sp³-hybridized carbons (Fsp3) is 0.235. The van der Waals surface area contributed by atoms with Crippen molar-refractivity contribution in [2.24, 2.45) is 0 Å². The number of halogens is 2. The van der Waals surface area contributed by atoms with E-state index < -0.39 is 0 Å². The van der Waals surface area contributed by atoms with Crippen LogP contribution in [0.5, 0.6) is 17.2 Å². The summed E-state index contributed by atoms with van der Waals surface area (Å²) >= 11 is 11.8. The number of rotatable bonds is 8. The van der Waals surface area contributed by atoms with Gasteiger partial charge in [-0.2, -0.15) is 0 Å². The zero-order valence-corrected chi connectivity index (χ0v) is 14.6. The third kappa shape index (κ3) is 5.51. The maximum absolute atomic E-state index is 11.8. The number of hydrogen-bond donors (Lipinski definition) is 1. The molecule has 0 saturated heterocycles. The number of ether oxygens (including phenoxy) is 3. The van der Waals surface area contributed by atoms with E-state index >= 15 is 0 Å². The van der Waals surface area contributed by atoms with Gasteiger partial charge in [0.1, 0.15) is 12.4 Å². The van der Waals surface area contributed by atoms with Crippen molar-refractivity contribution >= 4 is 29.1 Å². The molecule has 0 aliphatic carbocycles. The lowest BCUT2D eigenvalue weighted by molar-refractivity contribution is -0.123. The number of carbonyl (C=O) groups excluding carboxylic acids is 1. The summed E-state index contributed by atoms with van der Waals surface area (Å²) in [7, 11) is 1.57. The topological polar surface area (TPSA) is 56.8 Å². The average molecular weight is 370 g/mol. The zero-order chi connectivity index (χ0) is 17.4. The van der Waals surface area contributed by atoms with Crippen LogP contribution in [0.1, 0.15) is 0 Å². The van der Waals surface area contributed by atoms with Crippen molar-refractivity contribution in [2.45, 2.75) is 0 Å². The van der Waals surface area contributed by atoms with Gasteiger partial charge in [0.25, 0.3) is 5.91 Å². The monoisotopic (exact) mass is 369 g/mol. The van der Waals surface area contributed by atoms with Gasteiger partial charge in [-0.25, -0.2) is 0 Å². The van der Waals surface area contributed by atoms with Crippen molar-refractivity contribution < 1.29 is 19.0 Å². The molecular formula is C17H17Cl2NO4. The van der Waals surface area contributed by atoms with Crippen LogP contribution in [0.15, 0.2) is 42.5 Å². The summed E-state index contributed by atoms with van der Waals surface area (Å²) < 4.78 is 16.1. The first-order valence-electron chi connectivity index (χ1n) is 7.20. The number of carbonyl (C=O) groups is 1. The van der Waals surface area contributed by atoms with E-state index in [1.165, 1.54) is 0 Å². The van der Waals surface area contributed by atoms with Crippen molar-refractivity contribution in [2.75, 3.05) is 26.9 Å². The number of nitrogens with one attached hydrogen (secondary N) is 1. The molecule has 0 aliphatic rings. The molecule has 7 heteroatoms. The van der Waals surface area contributed by atoms with E-state index in [9.17, 15) is 4.79 Å². The number of amides is 1. The van der Waals surface area contributed by atoms with E-state index in [4.69, 9.17) is 37.4 Å². The molecule has 1 amide bonds. The second-order valence-electron chi connectivity index (χ2n) is 4.71. The molecular weight excluding hydrogens is 353 g/mol. The Morgan fingerprint density at radius 1 is 1.04 bits per heavy atom. The molecule has 0 unspecified atom stereocenters. The van der Waals surface area contributed by atoms with Gasteiger partial charge in [0.15, 0.2) is 18.1 Å². The predicted molar refractivity (Wildman–Crippen MR) is 93.5 cm³/mol. The van der Waals surface area contributed by atoms with Gasteiger partial charge in [-0.05, 0) is 24.3 Å². The predicted octanol–water partition coefficient (Wildman–Crippen LogP) is 3.58. The molecule has 2 aromatic rings. The van der Waals surface area contributed by atoms with Crippen LogP contribution < -0.4 is 19.5 Å². The molecule has 128 valence electrons. The van der Waals surface area contributed by atoms with Gasteiger partial charge in [-0.15, -0.1) is 0 Å². The molecule has 2 aromatic carbocycles. The molecule has 0 aliphatic heterocycles. The second-order valence-corrected chi connectivity index (χ2v) is 5.56. The van der Waals surface area contributed by atoms with Gasteiger partial charge < -0.3 is 19.5 Å². The van der Waals surface area contributed by atoms with Gasteiger partial charge in [-0.3, -0.25) is 4.79 Å². The standard InChI is InChI=1S/C17H17Cl2NO4/c1-22-14-4-2-3-5-15(14)23-9-8-20-17(21)11-24-16-10-12(18)6-7-13(16)19/h2-7,10H,8-9,11H2,1H3,(H,20,21). The van der Waals surface area contributed by atoms with E-state index in [0.717, 1.165) is 0 Å². The van der Waals surface area contributed by atoms with E-state index in [1.807, 2.05) is 12.1 Å². The number of hydrogen-bond acceptors (Lipinski definition) is 4. The van der Waals surface area contributed by atoms with E-state index in [2.05, 4.69) is 5.32 Å². The molecule has 0 atom stereocenters. The van der Waals surface area contributed by atoms with Crippen LogP contribution >= 0.6 is 23.2 Å². The maximum Gasteiger partial charge on any atom is 0.258 e. The Morgan fingerprint density at radius 3 is 2.54 bits per heavy atom. The van der Waals surface area contributed by atoms with Gasteiger partial charge in [-0.1, -0.05) is 35.3 Å². The normalized spacial score (nSPS) is 10.1. The van der Waals surface area contributed by atoms with Crippen LogP contribution in [-0.4, -0.2) is 32.8 Å². The highest BCUT2D eigenvalue weighted by molar-refractivity contribution is 6.34. The lowest BCUT2D eigenvalue weighted by Gasteiger charge is -2.11. The quantitative estimate of drug-likeness (QED) is 0.722. The first-order valence-corrected chi connectivity index (χ1v) is 7.96. The fourth-order valence-corrected chi connectivity index (χ4v) is 2.21. The smallest absolute Gasteiger partial charge is 0.258 e. The fourth-order valence-electron chi connectivity index (χ4n) is 1.87. The van der Waals surface area contributed by atoms with Crippen molar-refractivity contribution in [1.82, 2.24) is 5.32 Å². The zero-order valence-electron chi connectivity index (χ0n) is 13.1. The SMILES string of the molecule is COc1ccccc1OCCNC(=O)COc1cc(Cl)ccc1Cl. The van der Waals surface area contributed by atoms with Crippen LogP contribution in [-0.2, 0) is 4.79 Å². The lowest BCUT2D eigenvalue weighted by Crippen LogP contribution is -2.32. The van der Waals surface area contributed by atoms with Gasteiger partial charge in [0.05, 0.1) is 18.7 Å². The highest BCUT2D eigenvalue weighted by atomic mass is 35.5. The third-order valence-electron chi connectivity index (χ3n) is 3.00. The Balaban J connectivity index is 1.71. The maximum atomic E-state index is 11.8. The van der Waals surface area contributed by atoms with Crippen LogP contribution in [0.25, 0.3) is 0 Å². The summed E-state index contributed by atoms with van der Waals surface area (Å²) in [5, 5.41) is 3.57. The van der Waals surface area contributed by atoms with Gasteiger partial charge >= 0.3 is 0 Å². The number of methoxy groups -OCH3 is 1. The molecule has 0 radical (unpaired) electrons. The summed E-state index contributed by atoms with van der Waals surface area (Å²) in [6.45, 7) is 0.488. The van der Waals surface area contributed by atoms with Crippen molar-refractivity contribution in [1.29, 1.82) is 0 Å². The molecule has 0 bridgehead atoms. The van der Waals surface area contributed by atoms with Gasteiger partial charge in [0, 0.05) is 11.1 Å². The number of benzene rings is 2. The van der Waals surface area contributed by atoms with Crippen LogP contribution in [0, 0.1) is 0 Å². The van der Waals surface area contributed by atoms with Crippen LogP contribution in [0.3, 0.4) is 0 Å². The van der Waals surface area contributed by atoms with E-state index in [-0.39, 0.29) is 12.5 Å². The summed E-state index contributed by atoms with van der Waals surface area (Å²) in [6.07, 6.45) is 0. The molecule has 1 N–H and O–H groups in total. The van der Waals surface area contributed by atoms with E-state index in [0.29, 0.717) is 40.4 Å². The largest absolute Gasteiger partial charge is 0.493 e. The number of para-hydroxylation sites is 2. The Kier molecular flexibility index (Phi) is 7.03. The summed E-state index contributed by atoms with van der Waals surface area (Å²) in [5.41, 5.74) is 0. The molecule has 24 heavy (non-hydrogen) atoms. The third-order valence-corrected chi connectivity index (χ3v) is 3.55. The minimum Gasteiger partial charge on any atom is -0.493 e. The van der Waals surface area contributed by atoms with Crippen LogP contribution in [0.2, 0.25) is 10.0 Å². The average Bonchev–Trinajstić information content (AvgIpc) is 2.59. The van der Waals surface area contributed by atoms with Crippen molar-refractivity contribution in [3.63, 3.8) is 0 Å². The van der Waals surface area contributed by atoms with Crippen molar-refractivity contribution in [3.8, 4) is 17.2 Å². The summed E-state index contributed by atoms with van der Waals surface area (Å²) in [4.78, 5) is 11.8. The minimum absolute atomic E-state index is 0.158. The first kappa shape index (κ1) is 18.2. The Morgan fingerprint density at radius 2 is 1.79 bits per heavy atom. The van der Waals surface area contributed by atoms with Crippen LogP contribution in [0.4, 0.5) is 0 Å². The Labute approximate surface area is 150 Å².